The third-order valence-corrected chi connectivity index (χ3v) is 3.01. The summed E-state index contributed by atoms with van der Waals surface area (Å²) in [6.45, 7) is 0.271. The smallest absolute Gasteiger partial charge is 0.231 e. The second kappa shape index (κ2) is 3.70. The lowest BCUT2D eigenvalue weighted by Crippen LogP contribution is -2.02. The van der Waals surface area contributed by atoms with E-state index in [9.17, 15) is 0 Å². The summed E-state index contributed by atoms with van der Waals surface area (Å²) in [5, 5.41) is 12.4. The molecule has 1 aromatic rings. The largest absolute Gasteiger partial charge is 0.454 e. The van der Waals surface area contributed by atoms with Gasteiger partial charge in [0.05, 0.1) is 5.71 Å². The maximum absolute atomic E-state index is 9.02. The maximum atomic E-state index is 9.02. The van der Waals surface area contributed by atoms with Crippen molar-refractivity contribution in [2.75, 3.05) is 6.79 Å². The lowest BCUT2D eigenvalue weighted by atomic mass is 10.0. The van der Waals surface area contributed by atoms with Crippen molar-refractivity contribution in [3.05, 3.63) is 23.8 Å². The zero-order chi connectivity index (χ0) is 11.0. The highest BCUT2D eigenvalue weighted by Crippen LogP contribution is 2.36. The number of benzene rings is 1. The van der Waals surface area contributed by atoms with Crippen LogP contribution in [0.1, 0.15) is 24.8 Å². The van der Waals surface area contributed by atoms with Gasteiger partial charge in [0.25, 0.3) is 0 Å². The van der Waals surface area contributed by atoms with Gasteiger partial charge in [-0.1, -0.05) is 5.16 Å². The number of hydrogen-bond acceptors (Lipinski definition) is 4. The van der Waals surface area contributed by atoms with E-state index in [4.69, 9.17) is 14.7 Å². The van der Waals surface area contributed by atoms with Crippen molar-refractivity contribution >= 4 is 5.71 Å². The first-order valence-electron chi connectivity index (χ1n) is 5.48. The van der Waals surface area contributed by atoms with Gasteiger partial charge in [-0.25, -0.2) is 0 Å². The monoisotopic (exact) mass is 219 g/mol. The zero-order valence-electron chi connectivity index (χ0n) is 8.85. The first-order chi connectivity index (χ1) is 7.86. The van der Waals surface area contributed by atoms with Gasteiger partial charge in [-0.15, -0.1) is 0 Å². The fourth-order valence-electron chi connectivity index (χ4n) is 1.89. The van der Waals surface area contributed by atoms with Crippen LogP contribution in [0.3, 0.4) is 0 Å². The molecular formula is C12H13NO3. The number of oxime groups is 1. The Morgan fingerprint density at radius 3 is 2.88 bits per heavy atom. The minimum Gasteiger partial charge on any atom is -0.454 e. The second-order valence-corrected chi connectivity index (χ2v) is 4.26. The van der Waals surface area contributed by atoms with Crippen LogP contribution in [0.5, 0.6) is 11.5 Å². The third kappa shape index (κ3) is 1.71. The summed E-state index contributed by atoms with van der Waals surface area (Å²) in [5.41, 5.74) is 1.65. The number of hydrogen-bond donors (Lipinski definition) is 1. The molecule has 0 saturated heterocycles. The van der Waals surface area contributed by atoms with Crippen LogP contribution in [0, 0.1) is 5.92 Å². The predicted molar refractivity (Wildman–Crippen MR) is 58.2 cm³/mol. The topological polar surface area (TPSA) is 51.1 Å². The first-order valence-corrected chi connectivity index (χ1v) is 5.48. The minimum atomic E-state index is 0.271. The number of ether oxygens (including phenoxy) is 2. The van der Waals surface area contributed by atoms with Crippen LogP contribution >= 0.6 is 0 Å². The SMILES string of the molecule is ON=C(CC1CC1)c1ccc2c(c1)OCO2. The van der Waals surface area contributed by atoms with Crippen LogP contribution in [0.2, 0.25) is 0 Å². The van der Waals surface area contributed by atoms with Crippen molar-refractivity contribution in [3.63, 3.8) is 0 Å². The van der Waals surface area contributed by atoms with Gasteiger partial charge in [0.2, 0.25) is 6.79 Å². The van der Waals surface area contributed by atoms with Crippen molar-refractivity contribution < 1.29 is 14.7 Å². The van der Waals surface area contributed by atoms with Crippen molar-refractivity contribution in [2.45, 2.75) is 19.3 Å². The highest BCUT2D eigenvalue weighted by atomic mass is 16.7. The van der Waals surface area contributed by atoms with E-state index in [0.29, 0.717) is 5.92 Å². The quantitative estimate of drug-likeness (QED) is 0.482. The van der Waals surface area contributed by atoms with Gasteiger partial charge in [-0.3, -0.25) is 0 Å². The van der Waals surface area contributed by atoms with Crippen molar-refractivity contribution in [2.24, 2.45) is 11.1 Å². The van der Waals surface area contributed by atoms with E-state index in [1.165, 1.54) is 12.8 Å². The Bertz CT molecular complexity index is 438. The van der Waals surface area contributed by atoms with Gasteiger partial charge in [0.15, 0.2) is 11.5 Å². The van der Waals surface area contributed by atoms with E-state index in [2.05, 4.69) is 5.16 Å². The van der Waals surface area contributed by atoms with Gasteiger partial charge in [-0.05, 0) is 43.4 Å². The molecule has 4 nitrogen and oxygen atoms in total. The molecular weight excluding hydrogens is 206 g/mol. The fourth-order valence-corrected chi connectivity index (χ4v) is 1.89. The molecule has 1 aliphatic carbocycles. The van der Waals surface area contributed by atoms with Crippen LogP contribution in [0.4, 0.5) is 0 Å². The Morgan fingerprint density at radius 1 is 1.31 bits per heavy atom. The van der Waals surface area contributed by atoms with Crippen molar-refractivity contribution in [1.82, 2.24) is 0 Å². The van der Waals surface area contributed by atoms with E-state index >= 15 is 0 Å². The molecule has 0 atom stereocenters. The molecule has 4 heteroatoms. The second-order valence-electron chi connectivity index (χ2n) is 4.26. The molecule has 1 saturated carbocycles. The molecule has 0 amide bonds. The van der Waals surface area contributed by atoms with Gasteiger partial charge < -0.3 is 14.7 Å². The van der Waals surface area contributed by atoms with Crippen LogP contribution in [-0.4, -0.2) is 17.7 Å². The summed E-state index contributed by atoms with van der Waals surface area (Å²) in [4.78, 5) is 0. The van der Waals surface area contributed by atoms with E-state index in [0.717, 1.165) is 29.2 Å². The first kappa shape index (κ1) is 9.51. The molecule has 1 aliphatic heterocycles. The Balaban J connectivity index is 1.86. The molecule has 0 bridgehead atoms. The highest BCUT2D eigenvalue weighted by Gasteiger charge is 2.25. The maximum Gasteiger partial charge on any atom is 0.231 e. The average Bonchev–Trinajstić information content (AvgIpc) is 3.01. The average molecular weight is 219 g/mol. The molecule has 16 heavy (non-hydrogen) atoms. The van der Waals surface area contributed by atoms with Crippen LogP contribution in [-0.2, 0) is 0 Å². The zero-order valence-corrected chi connectivity index (χ0v) is 8.85. The summed E-state index contributed by atoms with van der Waals surface area (Å²) in [6, 6.07) is 5.64. The number of nitrogens with zero attached hydrogens (tertiary/aromatic N) is 1. The van der Waals surface area contributed by atoms with Crippen LogP contribution < -0.4 is 9.47 Å². The molecule has 84 valence electrons. The molecule has 1 fully saturated rings. The minimum absolute atomic E-state index is 0.271. The van der Waals surface area contributed by atoms with Gasteiger partial charge in [-0.2, -0.15) is 0 Å². The van der Waals surface area contributed by atoms with E-state index in [1.807, 2.05) is 18.2 Å². The summed E-state index contributed by atoms with van der Waals surface area (Å²) in [5.74, 6) is 2.18. The standard InChI is InChI=1S/C12H13NO3/c14-13-10(5-8-1-2-8)9-3-4-11-12(6-9)16-7-15-11/h3-4,6,8,14H,1-2,5,7H2. The predicted octanol–water partition coefficient (Wildman–Crippen LogP) is 2.39. The molecule has 0 spiro atoms. The summed E-state index contributed by atoms with van der Waals surface area (Å²) < 4.78 is 10.5. The van der Waals surface area contributed by atoms with Crippen molar-refractivity contribution in [3.8, 4) is 11.5 Å². The Morgan fingerprint density at radius 2 is 2.12 bits per heavy atom. The third-order valence-electron chi connectivity index (χ3n) is 3.01. The number of fused-ring (bicyclic) bond motifs is 1. The molecule has 2 aliphatic rings. The lowest BCUT2D eigenvalue weighted by Gasteiger charge is -2.04. The molecule has 0 unspecified atom stereocenters. The Labute approximate surface area is 93.5 Å². The fraction of sp³-hybridized carbons (Fsp3) is 0.417. The van der Waals surface area contributed by atoms with Crippen LogP contribution in [0.15, 0.2) is 23.4 Å². The lowest BCUT2D eigenvalue weighted by molar-refractivity contribution is 0.174. The normalized spacial score (nSPS) is 18.9. The molecule has 1 heterocycles. The highest BCUT2D eigenvalue weighted by molar-refractivity contribution is 6.01. The van der Waals surface area contributed by atoms with Gasteiger partial charge >= 0.3 is 0 Å². The van der Waals surface area contributed by atoms with Crippen molar-refractivity contribution in [1.29, 1.82) is 0 Å². The Kier molecular flexibility index (Phi) is 2.20. The molecule has 0 aromatic heterocycles. The molecule has 1 N–H and O–H groups in total. The van der Waals surface area contributed by atoms with Crippen LogP contribution in [0.25, 0.3) is 0 Å². The van der Waals surface area contributed by atoms with Gasteiger partial charge in [0, 0.05) is 5.56 Å². The Hall–Kier alpha value is -1.71. The molecule has 0 radical (unpaired) electrons. The summed E-state index contributed by atoms with van der Waals surface area (Å²) in [6.07, 6.45) is 3.32. The van der Waals surface area contributed by atoms with E-state index < -0.39 is 0 Å². The summed E-state index contributed by atoms with van der Waals surface area (Å²) in [7, 11) is 0. The van der Waals surface area contributed by atoms with E-state index in [1.54, 1.807) is 0 Å². The van der Waals surface area contributed by atoms with Gasteiger partial charge in [0.1, 0.15) is 0 Å². The van der Waals surface area contributed by atoms with E-state index in [-0.39, 0.29) is 6.79 Å². The molecule has 1 aromatic carbocycles. The summed E-state index contributed by atoms with van der Waals surface area (Å²) >= 11 is 0. The number of rotatable bonds is 3. The molecule has 3 rings (SSSR count).